The molecule has 1 amide bonds. The largest absolute Gasteiger partial charge is 0.354 e. The second-order valence-corrected chi connectivity index (χ2v) is 4.67. The summed E-state index contributed by atoms with van der Waals surface area (Å²) in [7, 11) is 0. The van der Waals surface area contributed by atoms with E-state index in [0.29, 0.717) is 6.54 Å². The Bertz CT molecular complexity index is 226. The van der Waals surface area contributed by atoms with Crippen LogP contribution in [-0.2, 0) is 4.79 Å². The third-order valence-electron chi connectivity index (χ3n) is 3.43. The number of carbonyl (C=O) groups excluding carboxylic acids is 1. The maximum absolute atomic E-state index is 11.8. The van der Waals surface area contributed by atoms with Gasteiger partial charge in [-0.05, 0) is 32.4 Å². The van der Waals surface area contributed by atoms with E-state index >= 15 is 0 Å². The second kappa shape index (κ2) is 6.21. The minimum Gasteiger partial charge on any atom is -0.354 e. The van der Waals surface area contributed by atoms with Crippen LogP contribution in [0.15, 0.2) is 0 Å². The number of carbonyl (C=O) groups is 1. The van der Waals surface area contributed by atoms with Crippen molar-refractivity contribution < 1.29 is 4.79 Å². The van der Waals surface area contributed by atoms with Crippen LogP contribution in [0.2, 0.25) is 0 Å². The first-order chi connectivity index (χ1) is 7.68. The van der Waals surface area contributed by atoms with E-state index in [9.17, 15) is 4.79 Å². The van der Waals surface area contributed by atoms with E-state index in [1.165, 1.54) is 0 Å². The number of likely N-dealkylation sites (N-methyl/N-ethyl adjacent to an activating group) is 1. The molecule has 1 fully saturated rings. The highest BCUT2D eigenvalue weighted by atomic mass is 16.2. The maximum atomic E-state index is 11.8. The average Bonchev–Trinajstić information content (AvgIpc) is 3.08. The third kappa shape index (κ3) is 3.46. The van der Waals surface area contributed by atoms with E-state index in [1.54, 1.807) is 0 Å². The molecule has 0 atom stereocenters. The van der Waals surface area contributed by atoms with Crippen molar-refractivity contribution in [2.75, 3.05) is 32.7 Å². The number of nitrogens with one attached hydrogen (secondary N) is 1. The molecule has 0 aromatic carbocycles. The van der Waals surface area contributed by atoms with Crippen molar-refractivity contribution in [3.63, 3.8) is 0 Å². The van der Waals surface area contributed by atoms with Gasteiger partial charge in [0.05, 0.1) is 5.41 Å². The Morgan fingerprint density at radius 1 is 1.38 bits per heavy atom. The van der Waals surface area contributed by atoms with Crippen LogP contribution in [-0.4, -0.2) is 43.5 Å². The molecule has 4 nitrogen and oxygen atoms in total. The van der Waals surface area contributed by atoms with Crippen LogP contribution in [0.5, 0.6) is 0 Å². The van der Waals surface area contributed by atoms with Gasteiger partial charge in [0.15, 0.2) is 0 Å². The number of nitrogens with two attached hydrogens (primary N) is 1. The second-order valence-electron chi connectivity index (χ2n) is 4.67. The van der Waals surface area contributed by atoms with Crippen molar-refractivity contribution in [2.45, 2.75) is 33.1 Å². The van der Waals surface area contributed by atoms with E-state index < -0.39 is 0 Å². The first-order valence-corrected chi connectivity index (χ1v) is 6.39. The quantitative estimate of drug-likeness (QED) is 0.637. The first-order valence-electron chi connectivity index (χ1n) is 6.39. The van der Waals surface area contributed by atoms with E-state index in [-0.39, 0.29) is 11.3 Å². The summed E-state index contributed by atoms with van der Waals surface area (Å²) in [6, 6.07) is 0. The molecule has 3 N–H and O–H groups in total. The van der Waals surface area contributed by atoms with Gasteiger partial charge in [-0.15, -0.1) is 0 Å². The molecule has 16 heavy (non-hydrogen) atoms. The van der Waals surface area contributed by atoms with E-state index in [0.717, 1.165) is 45.4 Å². The molecule has 94 valence electrons. The molecule has 0 bridgehead atoms. The fraction of sp³-hybridized carbons (Fsp3) is 0.917. The minimum absolute atomic E-state index is 0.155. The van der Waals surface area contributed by atoms with Gasteiger partial charge >= 0.3 is 0 Å². The number of hydrogen-bond acceptors (Lipinski definition) is 3. The monoisotopic (exact) mass is 227 g/mol. The van der Waals surface area contributed by atoms with E-state index in [2.05, 4.69) is 24.1 Å². The Kier molecular flexibility index (Phi) is 5.22. The lowest BCUT2D eigenvalue weighted by molar-refractivity contribution is -0.126. The predicted octanol–water partition coefficient (Wildman–Crippen LogP) is 0.573. The Balaban J connectivity index is 2.17. The topological polar surface area (TPSA) is 58.4 Å². The summed E-state index contributed by atoms with van der Waals surface area (Å²) in [5, 5.41) is 3.00. The van der Waals surface area contributed by atoms with Gasteiger partial charge in [-0.1, -0.05) is 13.8 Å². The molecule has 1 rings (SSSR count). The van der Waals surface area contributed by atoms with Crippen LogP contribution in [0.4, 0.5) is 0 Å². The van der Waals surface area contributed by atoms with E-state index in [1.807, 2.05) is 0 Å². The van der Waals surface area contributed by atoms with Crippen molar-refractivity contribution in [3.05, 3.63) is 0 Å². The Morgan fingerprint density at radius 2 is 2.06 bits per heavy atom. The molecular formula is C12H25N3O. The van der Waals surface area contributed by atoms with Crippen molar-refractivity contribution in [1.82, 2.24) is 10.2 Å². The number of hydrogen-bond donors (Lipinski definition) is 2. The first kappa shape index (κ1) is 13.5. The molecule has 0 saturated heterocycles. The van der Waals surface area contributed by atoms with Gasteiger partial charge in [-0.3, -0.25) is 4.79 Å². The normalized spacial score (nSPS) is 17.5. The van der Waals surface area contributed by atoms with Crippen LogP contribution in [0.3, 0.4) is 0 Å². The summed E-state index contributed by atoms with van der Waals surface area (Å²) in [4.78, 5) is 14.1. The molecule has 1 saturated carbocycles. The molecule has 0 aromatic rings. The predicted molar refractivity (Wildman–Crippen MR) is 66.1 cm³/mol. The lowest BCUT2D eigenvalue weighted by Crippen LogP contribution is -2.41. The smallest absolute Gasteiger partial charge is 0.227 e. The highest BCUT2D eigenvalue weighted by Crippen LogP contribution is 2.44. The van der Waals surface area contributed by atoms with Crippen molar-refractivity contribution in [3.8, 4) is 0 Å². The lowest BCUT2D eigenvalue weighted by atomic mass is 10.1. The molecular weight excluding hydrogens is 202 g/mol. The molecule has 4 heteroatoms. The van der Waals surface area contributed by atoms with Crippen molar-refractivity contribution >= 4 is 5.91 Å². The average molecular weight is 227 g/mol. The van der Waals surface area contributed by atoms with Crippen LogP contribution in [0, 0.1) is 5.41 Å². The molecule has 0 heterocycles. The standard InChI is InChI=1S/C12H25N3O/c1-3-8-15(4-2)9-7-14-11(16)12(10-13)5-6-12/h3-10,13H2,1-2H3,(H,14,16). The van der Waals surface area contributed by atoms with E-state index in [4.69, 9.17) is 5.73 Å². The SMILES string of the molecule is CCCN(CC)CCNC(=O)C1(CN)CC1. The lowest BCUT2D eigenvalue weighted by Gasteiger charge is -2.20. The third-order valence-corrected chi connectivity index (χ3v) is 3.43. The van der Waals surface area contributed by atoms with Crippen LogP contribution < -0.4 is 11.1 Å². The molecule has 1 aliphatic rings. The summed E-state index contributed by atoms with van der Waals surface area (Å²) >= 11 is 0. The summed E-state index contributed by atoms with van der Waals surface area (Å²) < 4.78 is 0. The zero-order valence-corrected chi connectivity index (χ0v) is 10.6. The zero-order chi connectivity index (χ0) is 12.0. The summed E-state index contributed by atoms with van der Waals surface area (Å²) in [5.41, 5.74) is 5.40. The molecule has 0 aliphatic heterocycles. The number of nitrogens with zero attached hydrogens (tertiary/aromatic N) is 1. The van der Waals surface area contributed by atoms with Crippen LogP contribution in [0.1, 0.15) is 33.1 Å². The Morgan fingerprint density at radius 3 is 2.50 bits per heavy atom. The van der Waals surface area contributed by atoms with Gasteiger partial charge in [0.25, 0.3) is 0 Å². The Hall–Kier alpha value is -0.610. The van der Waals surface area contributed by atoms with Gasteiger partial charge in [-0.25, -0.2) is 0 Å². The van der Waals surface area contributed by atoms with Gasteiger partial charge < -0.3 is 16.0 Å². The summed E-state index contributed by atoms with van der Waals surface area (Å²) in [6.07, 6.45) is 3.08. The van der Waals surface area contributed by atoms with Crippen LogP contribution in [0.25, 0.3) is 0 Å². The molecule has 0 radical (unpaired) electrons. The van der Waals surface area contributed by atoms with Gasteiger partial charge in [-0.2, -0.15) is 0 Å². The zero-order valence-electron chi connectivity index (χ0n) is 10.6. The fourth-order valence-electron chi connectivity index (χ4n) is 1.93. The summed E-state index contributed by atoms with van der Waals surface area (Å²) in [5.74, 6) is 0.155. The maximum Gasteiger partial charge on any atom is 0.227 e. The fourth-order valence-corrected chi connectivity index (χ4v) is 1.93. The number of rotatable bonds is 8. The van der Waals surface area contributed by atoms with Gasteiger partial charge in [0.2, 0.25) is 5.91 Å². The number of amides is 1. The van der Waals surface area contributed by atoms with Crippen molar-refractivity contribution in [1.29, 1.82) is 0 Å². The molecule has 1 aliphatic carbocycles. The Labute approximate surface area is 98.6 Å². The van der Waals surface area contributed by atoms with Crippen LogP contribution >= 0.6 is 0 Å². The van der Waals surface area contributed by atoms with Gasteiger partial charge in [0, 0.05) is 19.6 Å². The molecule has 0 unspecified atom stereocenters. The summed E-state index contributed by atoms with van der Waals surface area (Å²) in [6.45, 7) is 8.66. The molecule has 0 aromatic heterocycles. The molecule has 0 spiro atoms. The van der Waals surface area contributed by atoms with Crippen molar-refractivity contribution in [2.24, 2.45) is 11.1 Å². The highest BCUT2D eigenvalue weighted by molar-refractivity contribution is 5.85. The van der Waals surface area contributed by atoms with Gasteiger partial charge in [0.1, 0.15) is 0 Å². The highest BCUT2D eigenvalue weighted by Gasteiger charge is 2.48. The minimum atomic E-state index is -0.207.